The summed E-state index contributed by atoms with van der Waals surface area (Å²) in [6.07, 6.45) is 4.91. The minimum absolute atomic E-state index is 0. The molecule has 8 nitrogen and oxygen atoms in total. The number of piperazine rings is 1. The second-order valence-electron chi connectivity index (χ2n) is 8.12. The zero-order valence-electron chi connectivity index (χ0n) is 17.9. The fourth-order valence-corrected chi connectivity index (χ4v) is 4.15. The van der Waals surface area contributed by atoms with E-state index in [0.717, 1.165) is 77.6 Å². The molecule has 9 heteroatoms. The average molecular weight is 520 g/mol. The Hall–Kier alpha value is -1.10. The summed E-state index contributed by atoms with van der Waals surface area (Å²) in [7, 11) is 1.78. The molecular formula is C20H37IN6O2. The molecule has 1 atom stereocenters. The Balaban J connectivity index is 0.00000300. The number of rotatable bonds is 6. The van der Waals surface area contributed by atoms with Crippen molar-refractivity contribution in [2.24, 2.45) is 10.9 Å². The van der Waals surface area contributed by atoms with Gasteiger partial charge in [-0.15, -0.1) is 24.0 Å². The highest BCUT2D eigenvalue weighted by molar-refractivity contribution is 14.0. The van der Waals surface area contributed by atoms with E-state index in [9.17, 15) is 9.59 Å². The number of nitrogens with zero attached hydrogens (tertiary/aromatic N) is 4. The Kier molecular flexibility index (Phi) is 9.94. The van der Waals surface area contributed by atoms with Crippen molar-refractivity contribution in [3.8, 4) is 0 Å². The number of aliphatic imine (C=N–C) groups is 1. The number of amides is 2. The zero-order chi connectivity index (χ0) is 19.9. The van der Waals surface area contributed by atoms with Gasteiger partial charge in [-0.2, -0.15) is 0 Å². The van der Waals surface area contributed by atoms with Crippen LogP contribution >= 0.6 is 24.0 Å². The third-order valence-electron chi connectivity index (χ3n) is 6.27. The molecule has 3 fully saturated rings. The molecule has 2 heterocycles. The Morgan fingerprint density at radius 2 is 1.76 bits per heavy atom. The van der Waals surface area contributed by atoms with E-state index >= 15 is 0 Å². The summed E-state index contributed by atoms with van der Waals surface area (Å²) in [5.41, 5.74) is 0. The summed E-state index contributed by atoms with van der Waals surface area (Å²) < 4.78 is 0. The maximum absolute atomic E-state index is 12.3. The highest BCUT2D eigenvalue weighted by atomic mass is 127. The summed E-state index contributed by atoms with van der Waals surface area (Å²) in [6.45, 7) is 8.85. The molecule has 1 aliphatic carbocycles. The molecule has 3 rings (SSSR count). The van der Waals surface area contributed by atoms with Crippen molar-refractivity contribution in [1.29, 1.82) is 0 Å². The minimum atomic E-state index is 0. The maximum Gasteiger partial charge on any atom is 0.225 e. The van der Waals surface area contributed by atoms with E-state index in [-0.39, 0.29) is 35.9 Å². The summed E-state index contributed by atoms with van der Waals surface area (Å²) >= 11 is 0. The maximum atomic E-state index is 12.3. The minimum Gasteiger partial charge on any atom is -0.355 e. The average Bonchev–Trinajstić information content (AvgIpc) is 3.14. The quantitative estimate of drug-likeness (QED) is 0.307. The van der Waals surface area contributed by atoms with Crippen LogP contribution in [0.1, 0.15) is 39.0 Å². The van der Waals surface area contributed by atoms with Crippen LogP contribution in [0.4, 0.5) is 0 Å². The lowest BCUT2D eigenvalue weighted by atomic mass is 9.84. The monoisotopic (exact) mass is 520 g/mol. The predicted molar refractivity (Wildman–Crippen MR) is 126 cm³/mol. The summed E-state index contributed by atoms with van der Waals surface area (Å²) in [6, 6.07) is 0.266. The molecule has 2 saturated heterocycles. The molecule has 0 spiro atoms. The molecule has 166 valence electrons. The SMILES string of the molecule is CCC(=O)N1CCC(NC(=NC)NCCN2CCN(C(=O)C3CCC3)CC2)C1.I. The topological polar surface area (TPSA) is 80.3 Å². The van der Waals surface area contributed by atoms with Crippen molar-refractivity contribution in [2.45, 2.75) is 45.1 Å². The Morgan fingerprint density at radius 3 is 2.34 bits per heavy atom. The lowest BCUT2D eigenvalue weighted by Crippen LogP contribution is -2.53. The molecule has 2 amide bonds. The molecule has 2 N–H and O–H groups in total. The van der Waals surface area contributed by atoms with Gasteiger partial charge < -0.3 is 20.4 Å². The van der Waals surface area contributed by atoms with Crippen LogP contribution in [0.3, 0.4) is 0 Å². The second-order valence-corrected chi connectivity index (χ2v) is 8.12. The van der Waals surface area contributed by atoms with Crippen molar-refractivity contribution >= 4 is 41.8 Å². The molecule has 0 bridgehead atoms. The lowest BCUT2D eigenvalue weighted by Gasteiger charge is -2.38. The first kappa shape index (κ1) is 24.2. The van der Waals surface area contributed by atoms with Gasteiger partial charge in [0.05, 0.1) is 0 Å². The van der Waals surface area contributed by atoms with Crippen LogP contribution in [0.15, 0.2) is 4.99 Å². The molecule has 3 aliphatic rings. The molecule has 0 aromatic carbocycles. The van der Waals surface area contributed by atoms with E-state index in [0.29, 0.717) is 18.2 Å². The van der Waals surface area contributed by atoms with Crippen molar-refractivity contribution in [1.82, 2.24) is 25.3 Å². The summed E-state index contributed by atoms with van der Waals surface area (Å²) in [4.78, 5) is 34.8. The number of halogens is 1. The predicted octanol–water partition coefficient (Wildman–Crippen LogP) is 0.725. The fourth-order valence-electron chi connectivity index (χ4n) is 4.15. The number of nitrogens with one attached hydrogen (secondary N) is 2. The highest BCUT2D eigenvalue weighted by Gasteiger charge is 2.31. The van der Waals surface area contributed by atoms with E-state index in [2.05, 4.69) is 25.4 Å². The van der Waals surface area contributed by atoms with E-state index in [1.807, 2.05) is 11.8 Å². The third kappa shape index (κ3) is 6.70. The highest BCUT2D eigenvalue weighted by Crippen LogP contribution is 2.28. The van der Waals surface area contributed by atoms with Gasteiger partial charge in [-0.25, -0.2) is 0 Å². The van der Waals surface area contributed by atoms with Crippen molar-refractivity contribution in [3.63, 3.8) is 0 Å². The van der Waals surface area contributed by atoms with Gasteiger partial charge >= 0.3 is 0 Å². The lowest BCUT2D eigenvalue weighted by molar-refractivity contribution is -0.140. The number of carbonyl (C=O) groups is 2. The van der Waals surface area contributed by atoms with Gasteiger partial charge in [0.15, 0.2) is 5.96 Å². The largest absolute Gasteiger partial charge is 0.355 e. The molecule has 29 heavy (non-hydrogen) atoms. The zero-order valence-corrected chi connectivity index (χ0v) is 20.2. The van der Waals surface area contributed by atoms with Gasteiger partial charge in [-0.1, -0.05) is 13.3 Å². The Labute approximate surface area is 191 Å². The van der Waals surface area contributed by atoms with Crippen LogP contribution in [0.5, 0.6) is 0 Å². The standard InChI is InChI=1S/C20H36N6O2.HI/c1-3-18(27)26-9-7-17(15-26)23-20(21-2)22-8-10-24-11-13-25(14-12-24)19(28)16-5-4-6-16;/h16-17H,3-15H2,1-2H3,(H2,21,22,23);1H. The first-order valence-electron chi connectivity index (χ1n) is 10.9. The van der Waals surface area contributed by atoms with Gasteiger partial charge in [0.2, 0.25) is 11.8 Å². The van der Waals surface area contributed by atoms with E-state index in [1.54, 1.807) is 7.05 Å². The smallest absolute Gasteiger partial charge is 0.225 e. The van der Waals surface area contributed by atoms with Crippen molar-refractivity contribution in [2.75, 3.05) is 59.4 Å². The molecule has 1 unspecified atom stereocenters. The number of carbonyl (C=O) groups excluding carboxylic acids is 2. The number of likely N-dealkylation sites (tertiary alicyclic amines) is 1. The number of guanidine groups is 1. The van der Waals surface area contributed by atoms with Gasteiger partial charge in [-0.05, 0) is 19.3 Å². The normalized spacial score (nSPS) is 23.4. The van der Waals surface area contributed by atoms with E-state index < -0.39 is 0 Å². The first-order valence-corrected chi connectivity index (χ1v) is 10.9. The van der Waals surface area contributed by atoms with Gasteiger partial charge in [0.25, 0.3) is 0 Å². The van der Waals surface area contributed by atoms with Crippen LogP contribution in [0, 0.1) is 5.92 Å². The first-order chi connectivity index (χ1) is 13.6. The van der Waals surface area contributed by atoms with Crippen molar-refractivity contribution < 1.29 is 9.59 Å². The van der Waals surface area contributed by atoms with Crippen LogP contribution in [-0.4, -0.2) is 97.9 Å². The third-order valence-corrected chi connectivity index (χ3v) is 6.27. The number of hydrogen-bond acceptors (Lipinski definition) is 4. The van der Waals surface area contributed by atoms with Gasteiger partial charge in [0.1, 0.15) is 0 Å². The fraction of sp³-hybridized carbons (Fsp3) is 0.850. The van der Waals surface area contributed by atoms with Crippen LogP contribution < -0.4 is 10.6 Å². The molecular weight excluding hydrogens is 483 g/mol. The Morgan fingerprint density at radius 1 is 1.03 bits per heavy atom. The molecule has 0 aromatic rings. The second kappa shape index (κ2) is 11.9. The van der Waals surface area contributed by atoms with Crippen LogP contribution in [-0.2, 0) is 9.59 Å². The molecule has 0 radical (unpaired) electrons. The van der Waals surface area contributed by atoms with Crippen LogP contribution in [0.2, 0.25) is 0 Å². The van der Waals surface area contributed by atoms with Gasteiger partial charge in [0, 0.05) is 77.8 Å². The van der Waals surface area contributed by atoms with E-state index in [1.165, 1.54) is 6.42 Å². The van der Waals surface area contributed by atoms with Crippen LogP contribution in [0.25, 0.3) is 0 Å². The summed E-state index contributed by atoms with van der Waals surface area (Å²) in [5, 5.41) is 6.82. The molecule has 0 aromatic heterocycles. The molecule has 1 saturated carbocycles. The van der Waals surface area contributed by atoms with Gasteiger partial charge in [-0.3, -0.25) is 19.5 Å². The van der Waals surface area contributed by atoms with Crippen molar-refractivity contribution in [3.05, 3.63) is 0 Å². The van der Waals surface area contributed by atoms with E-state index in [4.69, 9.17) is 0 Å². The molecule has 2 aliphatic heterocycles. The summed E-state index contributed by atoms with van der Waals surface area (Å²) in [5.74, 6) is 1.71. The number of hydrogen-bond donors (Lipinski definition) is 2. The Bertz CT molecular complexity index is 575.